The van der Waals surface area contributed by atoms with Crippen LogP contribution in [0.25, 0.3) is 0 Å². The maximum atomic E-state index is 12.6. The van der Waals surface area contributed by atoms with E-state index in [1.807, 2.05) is 7.05 Å². The van der Waals surface area contributed by atoms with Crippen molar-refractivity contribution in [3.63, 3.8) is 0 Å². The maximum absolute atomic E-state index is 12.6. The molecule has 0 aliphatic heterocycles. The first kappa shape index (κ1) is 42.1. The molecule has 0 fully saturated rings. The predicted molar refractivity (Wildman–Crippen MR) is 187 cm³/mol. The van der Waals surface area contributed by atoms with Crippen molar-refractivity contribution < 1.29 is 14.3 Å². The van der Waals surface area contributed by atoms with Crippen LogP contribution in [0.3, 0.4) is 0 Å². The molecule has 0 saturated carbocycles. The van der Waals surface area contributed by atoms with Crippen molar-refractivity contribution in [1.29, 1.82) is 0 Å². The Kier molecular flexibility index (Phi) is 31.7. The normalized spacial score (nSPS) is 12.3. The number of hydrogen-bond donors (Lipinski definition) is 1. The molecule has 0 aromatic rings. The zero-order valence-electron chi connectivity index (χ0n) is 29.8. The molecular weight excluding hydrogens is 532 g/mol. The molecule has 0 aliphatic rings. The highest BCUT2D eigenvalue weighted by atomic mass is 16.5. The van der Waals surface area contributed by atoms with Crippen molar-refractivity contribution in [2.24, 2.45) is 0 Å². The number of esters is 1. The monoisotopic (exact) mass is 609 g/mol. The lowest BCUT2D eigenvalue weighted by Gasteiger charge is -2.28. The fourth-order valence-corrected chi connectivity index (χ4v) is 6.19. The van der Waals surface area contributed by atoms with Gasteiger partial charge in [-0.3, -0.25) is 4.79 Å². The Hall–Kier alpha value is -0.940. The van der Waals surface area contributed by atoms with Gasteiger partial charge in [-0.15, -0.1) is 0 Å². The van der Waals surface area contributed by atoms with Gasteiger partial charge in [0, 0.05) is 18.9 Å². The highest BCUT2D eigenvalue weighted by Gasteiger charge is 2.15. The topological polar surface area (TPSA) is 58.6 Å². The average Bonchev–Trinajstić information content (AvgIpc) is 2.98. The Balaban J connectivity index is 4.17. The lowest BCUT2D eigenvalue weighted by molar-refractivity contribution is -0.150. The molecule has 0 amide bonds. The number of ether oxygens (including phenoxy) is 1. The number of carbonyl (C=O) groups excluding carboxylic acids is 2. The molecule has 1 atom stereocenters. The van der Waals surface area contributed by atoms with Gasteiger partial charge in [0.05, 0.1) is 0 Å². The Morgan fingerprint density at radius 3 is 1.53 bits per heavy atom. The minimum atomic E-state index is 0.0381. The molecular formula is C38H76N2O3. The summed E-state index contributed by atoms with van der Waals surface area (Å²) in [4.78, 5) is 26.3. The summed E-state index contributed by atoms with van der Waals surface area (Å²) < 4.78 is 5.95. The largest absolute Gasteiger partial charge is 0.462 e. The highest BCUT2D eigenvalue weighted by Crippen LogP contribution is 2.20. The molecule has 0 saturated heterocycles. The van der Waals surface area contributed by atoms with Gasteiger partial charge in [-0.05, 0) is 91.9 Å². The van der Waals surface area contributed by atoms with Gasteiger partial charge in [-0.1, -0.05) is 117 Å². The lowest BCUT2D eigenvalue weighted by Crippen LogP contribution is -2.33. The Labute approximate surface area is 269 Å². The van der Waals surface area contributed by atoms with Crippen molar-refractivity contribution in [1.82, 2.24) is 10.2 Å². The Morgan fingerprint density at radius 2 is 1.05 bits per heavy atom. The molecule has 0 spiro atoms. The lowest BCUT2D eigenvalue weighted by atomic mass is 9.98. The Bertz CT molecular complexity index is 600. The Morgan fingerprint density at radius 1 is 0.605 bits per heavy atom. The summed E-state index contributed by atoms with van der Waals surface area (Å²) in [5.41, 5.74) is 0. The summed E-state index contributed by atoms with van der Waals surface area (Å²) in [6.07, 6.45) is 32.1. The number of ketones is 1. The van der Waals surface area contributed by atoms with Gasteiger partial charge in [0.15, 0.2) is 0 Å². The highest BCUT2D eigenvalue weighted by molar-refractivity contribution is 5.75. The molecule has 1 unspecified atom stereocenters. The molecule has 1 N–H and O–H groups in total. The van der Waals surface area contributed by atoms with Crippen molar-refractivity contribution in [2.75, 3.05) is 27.2 Å². The van der Waals surface area contributed by atoms with Crippen LogP contribution in [0.1, 0.15) is 194 Å². The van der Waals surface area contributed by atoms with E-state index in [1.54, 1.807) is 6.92 Å². The SMILES string of the molecule is CCCCCCC(CCCCCC)OC(=O)CCCCCCCCC(CCCCCCCCC(C)=O)N(C)CCCNC. The third-order valence-corrected chi connectivity index (χ3v) is 9.10. The van der Waals surface area contributed by atoms with Crippen LogP contribution in [-0.2, 0) is 14.3 Å². The molecule has 0 aromatic heterocycles. The van der Waals surface area contributed by atoms with Crippen LogP contribution >= 0.6 is 0 Å². The van der Waals surface area contributed by atoms with E-state index in [1.165, 1.54) is 135 Å². The van der Waals surface area contributed by atoms with E-state index in [4.69, 9.17) is 4.74 Å². The van der Waals surface area contributed by atoms with E-state index in [0.29, 0.717) is 18.2 Å². The number of nitrogens with one attached hydrogen (secondary N) is 1. The minimum Gasteiger partial charge on any atom is -0.462 e. The third-order valence-electron chi connectivity index (χ3n) is 9.10. The summed E-state index contributed by atoms with van der Waals surface area (Å²) in [7, 11) is 4.36. The van der Waals surface area contributed by atoms with E-state index in [9.17, 15) is 9.59 Å². The molecule has 0 heterocycles. The molecule has 0 radical (unpaired) electrons. The van der Waals surface area contributed by atoms with Crippen molar-refractivity contribution in [3.05, 3.63) is 0 Å². The van der Waals surface area contributed by atoms with Gasteiger partial charge < -0.3 is 19.7 Å². The number of rotatable bonds is 34. The van der Waals surface area contributed by atoms with Gasteiger partial charge in [0.1, 0.15) is 11.9 Å². The van der Waals surface area contributed by atoms with Crippen LogP contribution in [0, 0.1) is 0 Å². The minimum absolute atomic E-state index is 0.0381. The van der Waals surface area contributed by atoms with Crippen LogP contribution in [0.4, 0.5) is 0 Å². The van der Waals surface area contributed by atoms with Crippen molar-refractivity contribution in [2.45, 2.75) is 206 Å². The number of carbonyl (C=O) groups is 2. The average molecular weight is 609 g/mol. The predicted octanol–water partition coefficient (Wildman–Crippen LogP) is 10.6. The molecule has 5 heteroatoms. The number of Topliss-reactive ketones (excluding diaryl/α,β-unsaturated/α-hetero) is 1. The summed E-state index contributed by atoms with van der Waals surface area (Å²) >= 11 is 0. The zero-order chi connectivity index (χ0) is 31.8. The summed E-state index contributed by atoms with van der Waals surface area (Å²) in [5, 5.41) is 3.29. The van der Waals surface area contributed by atoms with Gasteiger partial charge in [-0.25, -0.2) is 0 Å². The first-order valence-corrected chi connectivity index (χ1v) is 19.0. The van der Waals surface area contributed by atoms with Crippen LogP contribution in [-0.4, -0.2) is 56.0 Å². The van der Waals surface area contributed by atoms with E-state index in [0.717, 1.165) is 45.1 Å². The summed E-state index contributed by atoms with van der Waals surface area (Å²) in [6, 6.07) is 0.696. The molecule has 0 aromatic carbocycles. The standard InChI is InChI=1S/C38H76N2O3/c1-6-8-10-23-30-37(31-24-11-9-7-2)43-38(42)32-25-19-15-14-18-22-29-36(40(5)34-26-33-39-4)28-21-17-13-12-16-20-27-35(3)41/h36-37,39H,6-34H2,1-5H3. The molecule has 256 valence electrons. The second-order valence-corrected chi connectivity index (χ2v) is 13.4. The fourth-order valence-electron chi connectivity index (χ4n) is 6.19. The quantitative estimate of drug-likeness (QED) is 0.0582. The summed E-state index contributed by atoms with van der Waals surface area (Å²) in [6.45, 7) is 8.46. The number of unbranched alkanes of at least 4 members (excludes halogenated alkanes) is 16. The number of nitrogens with zero attached hydrogens (tertiary/aromatic N) is 1. The fraction of sp³-hybridized carbons (Fsp3) is 0.947. The van der Waals surface area contributed by atoms with Crippen LogP contribution in [0.15, 0.2) is 0 Å². The van der Waals surface area contributed by atoms with Crippen molar-refractivity contribution in [3.8, 4) is 0 Å². The second-order valence-electron chi connectivity index (χ2n) is 13.4. The molecule has 0 bridgehead atoms. The van der Waals surface area contributed by atoms with Crippen LogP contribution in [0.5, 0.6) is 0 Å². The van der Waals surface area contributed by atoms with Gasteiger partial charge in [0.2, 0.25) is 0 Å². The van der Waals surface area contributed by atoms with Gasteiger partial charge in [-0.2, -0.15) is 0 Å². The zero-order valence-corrected chi connectivity index (χ0v) is 29.8. The van der Waals surface area contributed by atoms with Gasteiger partial charge in [0.25, 0.3) is 0 Å². The first-order chi connectivity index (χ1) is 20.9. The molecule has 0 aliphatic carbocycles. The summed E-state index contributed by atoms with van der Waals surface area (Å²) in [5.74, 6) is 0.366. The molecule has 0 rings (SSSR count). The van der Waals surface area contributed by atoms with E-state index >= 15 is 0 Å². The van der Waals surface area contributed by atoms with Gasteiger partial charge >= 0.3 is 5.97 Å². The van der Waals surface area contributed by atoms with E-state index in [2.05, 4.69) is 31.1 Å². The van der Waals surface area contributed by atoms with Crippen LogP contribution in [0.2, 0.25) is 0 Å². The number of hydrogen-bond acceptors (Lipinski definition) is 5. The van der Waals surface area contributed by atoms with E-state index < -0.39 is 0 Å². The molecule has 43 heavy (non-hydrogen) atoms. The smallest absolute Gasteiger partial charge is 0.306 e. The third kappa shape index (κ3) is 29.5. The maximum Gasteiger partial charge on any atom is 0.306 e. The van der Waals surface area contributed by atoms with E-state index in [-0.39, 0.29) is 12.1 Å². The van der Waals surface area contributed by atoms with Crippen molar-refractivity contribution >= 4 is 11.8 Å². The first-order valence-electron chi connectivity index (χ1n) is 19.0. The second kappa shape index (κ2) is 32.5. The van der Waals surface area contributed by atoms with Crippen LogP contribution < -0.4 is 5.32 Å². The molecule has 5 nitrogen and oxygen atoms in total.